The van der Waals surface area contributed by atoms with Crippen LogP contribution >= 0.6 is 0 Å². The van der Waals surface area contributed by atoms with Crippen LogP contribution in [0.4, 0.5) is 23.8 Å². The Bertz CT molecular complexity index is 645. The van der Waals surface area contributed by atoms with Gasteiger partial charge in [-0.15, -0.1) is 0 Å². The van der Waals surface area contributed by atoms with Crippen LogP contribution in [0, 0.1) is 0 Å². The lowest BCUT2D eigenvalue weighted by Crippen LogP contribution is -2.37. The first-order valence-corrected chi connectivity index (χ1v) is 5.89. The third kappa shape index (κ3) is 3.97. The molecule has 114 valence electrons. The lowest BCUT2D eigenvalue weighted by Gasteiger charge is -2.09. The van der Waals surface area contributed by atoms with Gasteiger partial charge in [-0.05, 0) is 0 Å². The van der Waals surface area contributed by atoms with E-state index in [1.54, 1.807) is 42.6 Å². The molecule has 0 saturated heterocycles. The van der Waals surface area contributed by atoms with Crippen molar-refractivity contribution in [2.45, 2.75) is 6.18 Å². The molecule has 2 aromatic rings. The van der Waals surface area contributed by atoms with E-state index in [9.17, 15) is 18.0 Å². The summed E-state index contributed by atoms with van der Waals surface area (Å²) in [5.41, 5.74) is 1.29. The second-order valence-corrected chi connectivity index (χ2v) is 4.36. The van der Waals surface area contributed by atoms with E-state index in [1.165, 1.54) is 4.68 Å². The highest BCUT2D eigenvalue weighted by atomic mass is 19.4. The molecule has 0 aliphatic rings. The minimum absolute atomic E-state index is 0.272. The monoisotopic (exact) mass is 302 g/mol. The smallest absolute Gasteiger partial charge is 0.329 e. The molecule has 0 aliphatic heterocycles. The quantitative estimate of drug-likeness (QED) is 0.902. The number of rotatable bonds is 3. The summed E-state index contributed by atoms with van der Waals surface area (Å²) in [6, 6.07) is 0.595. The Hall–Kier alpha value is -2.52. The third-order valence-corrected chi connectivity index (χ3v) is 2.57. The lowest BCUT2D eigenvalue weighted by molar-refractivity contribution is -0.122. The second kappa shape index (κ2) is 5.46. The molecule has 21 heavy (non-hydrogen) atoms. The molecule has 2 amide bonds. The van der Waals surface area contributed by atoms with Crippen molar-refractivity contribution >= 4 is 11.8 Å². The Morgan fingerprint density at radius 1 is 1.38 bits per heavy atom. The highest BCUT2D eigenvalue weighted by Crippen LogP contribution is 2.20. The number of nitrogens with one attached hydrogen (secondary N) is 2. The SMILES string of the molecule is Cn1cc(-c2cc(NC(=O)NCC(F)(F)F)n(C)n2)cn1. The van der Waals surface area contributed by atoms with Crippen LogP contribution in [-0.4, -0.2) is 38.3 Å². The van der Waals surface area contributed by atoms with Crippen LogP contribution in [0.25, 0.3) is 11.3 Å². The van der Waals surface area contributed by atoms with Crippen LogP contribution in [-0.2, 0) is 14.1 Å². The first kappa shape index (κ1) is 14.9. The number of aryl methyl sites for hydroxylation is 2. The van der Waals surface area contributed by atoms with Crippen molar-refractivity contribution in [3.63, 3.8) is 0 Å². The zero-order valence-corrected chi connectivity index (χ0v) is 11.3. The number of hydrogen-bond acceptors (Lipinski definition) is 3. The van der Waals surface area contributed by atoms with Crippen molar-refractivity contribution in [1.82, 2.24) is 24.9 Å². The lowest BCUT2D eigenvalue weighted by atomic mass is 10.2. The number of urea groups is 1. The van der Waals surface area contributed by atoms with Crippen LogP contribution < -0.4 is 10.6 Å². The van der Waals surface area contributed by atoms with Crippen molar-refractivity contribution in [1.29, 1.82) is 0 Å². The number of amides is 2. The fourth-order valence-electron chi connectivity index (χ4n) is 1.62. The molecule has 0 fully saturated rings. The molecule has 0 spiro atoms. The van der Waals surface area contributed by atoms with Gasteiger partial charge in [0.2, 0.25) is 0 Å². The fraction of sp³-hybridized carbons (Fsp3) is 0.364. The van der Waals surface area contributed by atoms with Gasteiger partial charge < -0.3 is 5.32 Å². The molecule has 0 radical (unpaired) electrons. The number of hydrogen-bond donors (Lipinski definition) is 2. The molecule has 10 heteroatoms. The molecular formula is C11H13F3N6O. The van der Waals surface area contributed by atoms with Crippen LogP contribution in [0.2, 0.25) is 0 Å². The van der Waals surface area contributed by atoms with Crippen molar-refractivity contribution < 1.29 is 18.0 Å². The van der Waals surface area contributed by atoms with E-state index in [0.717, 1.165) is 5.56 Å². The van der Waals surface area contributed by atoms with E-state index in [-0.39, 0.29) is 5.82 Å². The predicted octanol–water partition coefficient (Wildman–Crippen LogP) is 1.50. The molecule has 0 unspecified atom stereocenters. The van der Waals surface area contributed by atoms with Crippen LogP contribution in [0.1, 0.15) is 0 Å². The fourth-order valence-corrected chi connectivity index (χ4v) is 1.62. The maximum Gasteiger partial charge on any atom is 0.405 e. The first-order valence-electron chi connectivity index (χ1n) is 5.89. The summed E-state index contributed by atoms with van der Waals surface area (Å²) in [5.74, 6) is 0.272. The number of aromatic nitrogens is 4. The molecule has 2 heterocycles. The largest absolute Gasteiger partial charge is 0.405 e. The number of alkyl halides is 3. The molecule has 2 aromatic heterocycles. The molecule has 0 bridgehead atoms. The van der Waals surface area contributed by atoms with Gasteiger partial charge in [-0.2, -0.15) is 23.4 Å². The van der Waals surface area contributed by atoms with Crippen molar-refractivity contribution in [3.05, 3.63) is 18.5 Å². The number of nitrogens with zero attached hydrogens (tertiary/aromatic N) is 4. The van der Waals surface area contributed by atoms with Gasteiger partial charge in [0.1, 0.15) is 12.4 Å². The van der Waals surface area contributed by atoms with Crippen LogP contribution in [0.3, 0.4) is 0 Å². The Balaban J connectivity index is 2.04. The number of carbonyl (C=O) groups is 1. The Kier molecular flexibility index (Phi) is 3.87. The number of carbonyl (C=O) groups excluding carboxylic acids is 1. The van der Waals surface area contributed by atoms with E-state index in [1.807, 2.05) is 0 Å². The maximum absolute atomic E-state index is 12.0. The Labute approximate surface area is 117 Å². The molecule has 2 rings (SSSR count). The average Bonchev–Trinajstić information content (AvgIpc) is 2.93. The van der Waals surface area contributed by atoms with E-state index in [0.29, 0.717) is 5.69 Å². The zero-order chi connectivity index (χ0) is 15.6. The highest BCUT2D eigenvalue weighted by molar-refractivity contribution is 5.89. The van der Waals surface area contributed by atoms with Gasteiger partial charge in [0.25, 0.3) is 0 Å². The van der Waals surface area contributed by atoms with Gasteiger partial charge in [-0.1, -0.05) is 0 Å². The van der Waals surface area contributed by atoms with Gasteiger partial charge in [-0.3, -0.25) is 14.7 Å². The van der Waals surface area contributed by atoms with Gasteiger partial charge in [0, 0.05) is 31.9 Å². The van der Waals surface area contributed by atoms with Gasteiger partial charge >= 0.3 is 12.2 Å². The van der Waals surface area contributed by atoms with E-state index in [2.05, 4.69) is 15.5 Å². The van der Waals surface area contributed by atoms with Gasteiger partial charge in [-0.25, -0.2) is 4.79 Å². The molecular weight excluding hydrogens is 289 g/mol. The maximum atomic E-state index is 12.0. The summed E-state index contributed by atoms with van der Waals surface area (Å²) < 4.78 is 38.9. The normalized spacial score (nSPS) is 11.5. The van der Waals surface area contributed by atoms with Crippen molar-refractivity contribution in [2.24, 2.45) is 14.1 Å². The third-order valence-electron chi connectivity index (χ3n) is 2.57. The Morgan fingerprint density at radius 3 is 2.67 bits per heavy atom. The number of halogens is 3. The average molecular weight is 302 g/mol. The number of anilines is 1. The van der Waals surface area contributed by atoms with Crippen molar-refractivity contribution in [3.8, 4) is 11.3 Å². The molecule has 0 atom stereocenters. The van der Waals surface area contributed by atoms with Crippen LogP contribution in [0.15, 0.2) is 18.5 Å². The Morgan fingerprint density at radius 2 is 2.10 bits per heavy atom. The minimum atomic E-state index is -4.45. The molecule has 0 aromatic carbocycles. The summed E-state index contributed by atoms with van der Waals surface area (Å²) in [4.78, 5) is 11.4. The minimum Gasteiger partial charge on any atom is -0.329 e. The molecule has 0 aliphatic carbocycles. The van der Waals surface area contributed by atoms with E-state index < -0.39 is 18.8 Å². The highest BCUT2D eigenvalue weighted by Gasteiger charge is 2.27. The summed E-state index contributed by atoms with van der Waals surface area (Å²) >= 11 is 0. The molecule has 2 N–H and O–H groups in total. The summed E-state index contributed by atoms with van der Waals surface area (Å²) in [6.45, 7) is -1.40. The van der Waals surface area contributed by atoms with E-state index in [4.69, 9.17) is 0 Å². The predicted molar refractivity (Wildman–Crippen MR) is 68.5 cm³/mol. The van der Waals surface area contributed by atoms with Gasteiger partial charge in [0.15, 0.2) is 0 Å². The van der Waals surface area contributed by atoms with Crippen molar-refractivity contribution in [2.75, 3.05) is 11.9 Å². The summed E-state index contributed by atoms with van der Waals surface area (Å²) in [5, 5.41) is 12.2. The van der Waals surface area contributed by atoms with E-state index >= 15 is 0 Å². The zero-order valence-electron chi connectivity index (χ0n) is 11.3. The summed E-state index contributed by atoms with van der Waals surface area (Å²) in [6.07, 6.45) is -1.13. The van der Waals surface area contributed by atoms with Crippen LogP contribution in [0.5, 0.6) is 0 Å². The van der Waals surface area contributed by atoms with Gasteiger partial charge in [0.05, 0.1) is 11.9 Å². The second-order valence-electron chi connectivity index (χ2n) is 4.36. The first-order chi connectivity index (χ1) is 9.74. The molecule has 0 saturated carbocycles. The summed E-state index contributed by atoms with van der Waals surface area (Å²) in [7, 11) is 3.31. The molecule has 7 nitrogen and oxygen atoms in total. The topological polar surface area (TPSA) is 76.8 Å². The standard InChI is InChI=1S/C11H13F3N6O/c1-19-5-7(4-16-19)8-3-9(20(2)18-8)17-10(21)15-6-11(12,13)14/h3-5H,6H2,1-2H3,(H2,15,17,21).